The van der Waals surface area contributed by atoms with Crippen LogP contribution in [0, 0.1) is 6.92 Å². The first-order valence-electron chi connectivity index (χ1n) is 10.9. The van der Waals surface area contributed by atoms with E-state index in [4.69, 9.17) is 9.26 Å². The Bertz CT molecular complexity index is 1010. The zero-order chi connectivity index (χ0) is 22.3. The number of hydrogen-bond acceptors (Lipinski definition) is 7. The minimum atomic E-state index is -0.153. The SMILES string of the molecule is COc1ccc(N2CCN(CCCNC(=O)c3c(-c4ccncc4)noc3C)CC2)cc1. The summed E-state index contributed by atoms with van der Waals surface area (Å²) in [5.74, 6) is 1.24. The van der Waals surface area contributed by atoms with Crippen LogP contribution in [0.2, 0.25) is 0 Å². The van der Waals surface area contributed by atoms with Gasteiger partial charge in [0.25, 0.3) is 5.91 Å². The second-order valence-corrected chi connectivity index (χ2v) is 7.83. The summed E-state index contributed by atoms with van der Waals surface area (Å²) in [6, 6.07) is 11.9. The van der Waals surface area contributed by atoms with Crippen molar-refractivity contribution in [2.75, 3.05) is 51.3 Å². The van der Waals surface area contributed by atoms with Crippen LogP contribution >= 0.6 is 0 Å². The number of ether oxygens (including phenoxy) is 1. The summed E-state index contributed by atoms with van der Waals surface area (Å²) in [5.41, 5.74) is 3.09. The van der Waals surface area contributed by atoms with Crippen LogP contribution in [0.4, 0.5) is 5.69 Å². The van der Waals surface area contributed by atoms with E-state index >= 15 is 0 Å². The first kappa shape index (κ1) is 21.8. The molecule has 0 spiro atoms. The summed E-state index contributed by atoms with van der Waals surface area (Å²) < 4.78 is 10.5. The molecule has 0 saturated carbocycles. The Morgan fingerprint density at radius 2 is 1.81 bits per heavy atom. The van der Waals surface area contributed by atoms with Gasteiger partial charge in [-0.3, -0.25) is 14.7 Å². The molecule has 3 heterocycles. The Balaban J connectivity index is 1.22. The van der Waals surface area contributed by atoms with Gasteiger partial charge in [-0.25, -0.2) is 0 Å². The summed E-state index contributed by atoms with van der Waals surface area (Å²) >= 11 is 0. The van der Waals surface area contributed by atoms with Crippen molar-refractivity contribution in [3.63, 3.8) is 0 Å². The minimum absolute atomic E-state index is 0.153. The highest BCUT2D eigenvalue weighted by Crippen LogP contribution is 2.24. The van der Waals surface area contributed by atoms with E-state index in [9.17, 15) is 4.79 Å². The average Bonchev–Trinajstić information content (AvgIpc) is 3.24. The summed E-state index contributed by atoms with van der Waals surface area (Å²) in [4.78, 5) is 21.6. The maximum atomic E-state index is 12.8. The van der Waals surface area contributed by atoms with E-state index in [-0.39, 0.29) is 5.91 Å². The highest BCUT2D eigenvalue weighted by Gasteiger charge is 2.21. The lowest BCUT2D eigenvalue weighted by atomic mass is 10.1. The zero-order valence-corrected chi connectivity index (χ0v) is 18.6. The molecule has 4 rings (SSSR count). The number of pyridine rings is 1. The molecule has 2 aromatic heterocycles. The van der Waals surface area contributed by atoms with Crippen molar-refractivity contribution in [3.8, 4) is 17.0 Å². The van der Waals surface area contributed by atoms with Crippen molar-refractivity contribution in [2.24, 2.45) is 0 Å². The van der Waals surface area contributed by atoms with Gasteiger partial charge in [-0.1, -0.05) is 5.16 Å². The standard InChI is InChI=1S/C24H29N5O3/c1-18-22(23(27-32-18)19-8-11-25-12-9-19)24(30)26-10-3-13-28-14-16-29(17-15-28)20-4-6-21(31-2)7-5-20/h4-9,11-12H,3,10,13-17H2,1-2H3,(H,26,30). The van der Waals surface area contributed by atoms with Gasteiger partial charge >= 0.3 is 0 Å². The van der Waals surface area contributed by atoms with Crippen molar-refractivity contribution in [1.29, 1.82) is 0 Å². The molecule has 8 heteroatoms. The molecule has 8 nitrogen and oxygen atoms in total. The number of amides is 1. The number of piperazine rings is 1. The number of nitrogens with zero attached hydrogens (tertiary/aromatic N) is 4. The van der Waals surface area contributed by atoms with Crippen LogP contribution in [0.5, 0.6) is 5.75 Å². The van der Waals surface area contributed by atoms with E-state index in [1.165, 1.54) is 5.69 Å². The molecule has 1 aromatic carbocycles. The molecule has 0 unspecified atom stereocenters. The molecule has 1 aliphatic heterocycles. The number of anilines is 1. The van der Waals surface area contributed by atoms with E-state index in [1.807, 2.05) is 24.3 Å². The van der Waals surface area contributed by atoms with Crippen LogP contribution in [-0.4, -0.2) is 67.3 Å². The molecule has 3 aromatic rings. The van der Waals surface area contributed by atoms with Crippen LogP contribution in [0.1, 0.15) is 22.5 Å². The maximum Gasteiger partial charge on any atom is 0.257 e. The fourth-order valence-corrected chi connectivity index (χ4v) is 3.96. The molecule has 0 radical (unpaired) electrons. The van der Waals surface area contributed by atoms with Crippen molar-refractivity contribution in [1.82, 2.24) is 20.4 Å². The normalized spacial score (nSPS) is 14.4. The van der Waals surface area contributed by atoms with Crippen molar-refractivity contribution < 1.29 is 14.1 Å². The highest BCUT2D eigenvalue weighted by atomic mass is 16.5. The zero-order valence-electron chi connectivity index (χ0n) is 18.6. The smallest absolute Gasteiger partial charge is 0.257 e. The fraction of sp³-hybridized carbons (Fsp3) is 0.375. The van der Waals surface area contributed by atoms with Crippen molar-refractivity contribution in [2.45, 2.75) is 13.3 Å². The summed E-state index contributed by atoms with van der Waals surface area (Å²) in [7, 11) is 1.68. The second-order valence-electron chi connectivity index (χ2n) is 7.83. The number of hydrogen-bond donors (Lipinski definition) is 1. The predicted molar refractivity (Wildman–Crippen MR) is 123 cm³/mol. The fourth-order valence-electron chi connectivity index (χ4n) is 3.96. The number of methoxy groups -OCH3 is 1. The first-order chi connectivity index (χ1) is 15.7. The Morgan fingerprint density at radius 3 is 2.50 bits per heavy atom. The lowest BCUT2D eigenvalue weighted by Gasteiger charge is -2.36. The van der Waals surface area contributed by atoms with Crippen LogP contribution in [0.3, 0.4) is 0 Å². The lowest BCUT2D eigenvalue weighted by molar-refractivity contribution is 0.0950. The van der Waals surface area contributed by atoms with E-state index in [2.05, 4.69) is 37.4 Å². The lowest BCUT2D eigenvalue weighted by Crippen LogP contribution is -2.47. The van der Waals surface area contributed by atoms with Gasteiger partial charge in [0.15, 0.2) is 0 Å². The van der Waals surface area contributed by atoms with E-state index in [0.717, 1.165) is 50.5 Å². The molecule has 32 heavy (non-hydrogen) atoms. The summed E-state index contributed by atoms with van der Waals surface area (Å²) in [5, 5.41) is 7.08. The van der Waals surface area contributed by atoms with Gasteiger partial charge < -0.3 is 19.5 Å². The quantitative estimate of drug-likeness (QED) is 0.545. The molecule has 1 aliphatic rings. The molecule has 0 bridgehead atoms. The second kappa shape index (κ2) is 10.3. The third-order valence-corrected chi connectivity index (χ3v) is 5.79. The van der Waals surface area contributed by atoms with Gasteiger partial charge in [0.1, 0.15) is 22.8 Å². The van der Waals surface area contributed by atoms with Gasteiger partial charge in [0, 0.05) is 56.4 Å². The first-order valence-corrected chi connectivity index (χ1v) is 10.9. The average molecular weight is 436 g/mol. The molecule has 0 atom stereocenters. The maximum absolute atomic E-state index is 12.8. The van der Waals surface area contributed by atoms with Gasteiger partial charge in [0.05, 0.1) is 7.11 Å². The largest absolute Gasteiger partial charge is 0.497 e. The number of carbonyl (C=O) groups is 1. The van der Waals surface area contributed by atoms with Gasteiger partial charge in [-0.15, -0.1) is 0 Å². The molecule has 1 amide bonds. The van der Waals surface area contributed by atoms with Crippen molar-refractivity contribution in [3.05, 3.63) is 60.1 Å². The number of aryl methyl sites for hydroxylation is 1. The Kier molecular flexibility index (Phi) is 7.01. The molecular formula is C24H29N5O3. The van der Waals surface area contributed by atoms with Gasteiger partial charge in [-0.05, 0) is 56.3 Å². The van der Waals surface area contributed by atoms with Gasteiger partial charge in [0.2, 0.25) is 0 Å². The van der Waals surface area contributed by atoms with E-state index in [1.54, 1.807) is 26.4 Å². The van der Waals surface area contributed by atoms with Crippen molar-refractivity contribution >= 4 is 11.6 Å². The van der Waals surface area contributed by atoms with Crippen LogP contribution in [0.15, 0.2) is 53.3 Å². The molecule has 168 valence electrons. The number of nitrogens with one attached hydrogen (secondary N) is 1. The summed E-state index contributed by atoms with van der Waals surface area (Å²) in [6.45, 7) is 7.33. The number of aromatic nitrogens is 2. The molecular weight excluding hydrogens is 406 g/mol. The van der Waals surface area contributed by atoms with E-state index < -0.39 is 0 Å². The molecule has 1 fully saturated rings. The molecule has 0 aliphatic carbocycles. The number of rotatable bonds is 8. The number of carbonyl (C=O) groups excluding carboxylic acids is 1. The minimum Gasteiger partial charge on any atom is -0.497 e. The van der Waals surface area contributed by atoms with Gasteiger partial charge in [-0.2, -0.15) is 0 Å². The Labute approximate surface area is 188 Å². The number of benzene rings is 1. The molecule has 1 N–H and O–H groups in total. The Morgan fingerprint density at radius 1 is 1.09 bits per heavy atom. The third-order valence-electron chi connectivity index (χ3n) is 5.79. The summed E-state index contributed by atoms with van der Waals surface area (Å²) in [6.07, 6.45) is 4.24. The topological polar surface area (TPSA) is 83.7 Å². The predicted octanol–water partition coefficient (Wildman–Crippen LogP) is 3.00. The monoisotopic (exact) mass is 435 g/mol. The molecule has 1 saturated heterocycles. The van der Waals surface area contributed by atoms with E-state index in [0.29, 0.717) is 23.6 Å². The van der Waals surface area contributed by atoms with Crippen LogP contribution in [0.25, 0.3) is 11.3 Å². The third kappa shape index (κ3) is 5.08. The highest BCUT2D eigenvalue weighted by molar-refractivity contribution is 6.00. The van der Waals surface area contributed by atoms with Crippen LogP contribution < -0.4 is 15.0 Å². The van der Waals surface area contributed by atoms with Crippen LogP contribution in [-0.2, 0) is 0 Å². The Hall–Kier alpha value is -3.39.